The molecule has 0 aliphatic carbocycles. The number of ether oxygens (including phenoxy) is 3. The smallest absolute Gasteiger partial charge is 0.305 e. The first-order chi connectivity index (χ1) is 13.5. The molecule has 28 heavy (non-hydrogen) atoms. The molecule has 0 radical (unpaired) electrons. The topological polar surface area (TPSA) is 87.0 Å². The fourth-order valence-corrected chi connectivity index (χ4v) is 3.11. The molecule has 1 N–H and O–H groups in total. The van der Waals surface area contributed by atoms with E-state index in [4.69, 9.17) is 19.3 Å². The lowest BCUT2D eigenvalue weighted by atomic mass is 10.0. The van der Waals surface area contributed by atoms with Gasteiger partial charge in [-0.15, -0.1) is 0 Å². The average molecular weight is 383 g/mol. The molecule has 0 saturated carbocycles. The Morgan fingerprint density at radius 3 is 2.21 bits per heavy atom. The Balaban J connectivity index is 2.31. The summed E-state index contributed by atoms with van der Waals surface area (Å²) in [6.45, 7) is 0.0327. The summed E-state index contributed by atoms with van der Waals surface area (Å²) in [5.41, 5.74) is 1.42. The van der Waals surface area contributed by atoms with Gasteiger partial charge >= 0.3 is 5.97 Å². The number of carboxylic acids is 1. The Bertz CT molecular complexity index is 1070. The lowest BCUT2D eigenvalue weighted by Crippen LogP contribution is -2.23. The Morgan fingerprint density at radius 1 is 0.964 bits per heavy atom. The fraction of sp³-hybridized carbons (Fsp3) is 0.238. The lowest BCUT2D eigenvalue weighted by molar-refractivity contribution is -0.137. The molecule has 0 unspecified atom stereocenters. The van der Waals surface area contributed by atoms with Gasteiger partial charge in [-0.3, -0.25) is 9.59 Å². The number of carbonyl (C=O) groups is 1. The molecular weight excluding hydrogens is 362 g/mol. The second-order valence-electron chi connectivity index (χ2n) is 6.15. The molecule has 0 saturated heterocycles. The molecule has 3 rings (SSSR count). The van der Waals surface area contributed by atoms with Crippen LogP contribution in [0.4, 0.5) is 0 Å². The van der Waals surface area contributed by atoms with Crippen LogP contribution in [0.25, 0.3) is 22.0 Å². The van der Waals surface area contributed by atoms with Crippen LogP contribution in [0.3, 0.4) is 0 Å². The summed E-state index contributed by atoms with van der Waals surface area (Å²) < 4.78 is 17.4. The molecule has 0 atom stereocenters. The molecule has 7 nitrogen and oxygen atoms in total. The summed E-state index contributed by atoms with van der Waals surface area (Å²) in [5, 5.41) is 9.80. The van der Waals surface area contributed by atoms with Gasteiger partial charge in [0, 0.05) is 29.6 Å². The van der Waals surface area contributed by atoms with Gasteiger partial charge in [-0.05, 0) is 23.8 Å². The molecule has 3 aromatic rings. The number of pyridine rings is 1. The molecule has 0 fully saturated rings. The van der Waals surface area contributed by atoms with Crippen LogP contribution in [0.1, 0.15) is 6.42 Å². The molecule has 1 heterocycles. The highest BCUT2D eigenvalue weighted by atomic mass is 16.5. The number of fused-ring (bicyclic) bond motifs is 1. The zero-order valence-electron chi connectivity index (χ0n) is 15.9. The lowest BCUT2D eigenvalue weighted by Gasteiger charge is -2.16. The molecule has 0 spiro atoms. The van der Waals surface area contributed by atoms with E-state index >= 15 is 0 Å². The van der Waals surface area contributed by atoms with Crippen molar-refractivity contribution in [3.05, 3.63) is 52.8 Å². The van der Waals surface area contributed by atoms with Crippen LogP contribution in [0.5, 0.6) is 17.2 Å². The monoisotopic (exact) mass is 383 g/mol. The highest BCUT2D eigenvalue weighted by molar-refractivity contribution is 5.90. The highest BCUT2D eigenvalue weighted by Crippen LogP contribution is 2.33. The number of aromatic nitrogens is 1. The first-order valence-electron chi connectivity index (χ1n) is 8.64. The maximum atomic E-state index is 13.2. The first-order valence-corrected chi connectivity index (χ1v) is 8.64. The van der Waals surface area contributed by atoms with E-state index in [0.717, 1.165) is 0 Å². The quantitative estimate of drug-likeness (QED) is 0.674. The summed E-state index contributed by atoms with van der Waals surface area (Å²) >= 11 is 0. The van der Waals surface area contributed by atoms with Crippen molar-refractivity contribution in [1.82, 2.24) is 4.57 Å². The third kappa shape index (κ3) is 3.64. The van der Waals surface area contributed by atoms with Crippen molar-refractivity contribution in [2.24, 2.45) is 0 Å². The second-order valence-corrected chi connectivity index (χ2v) is 6.15. The Morgan fingerprint density at radius 2 is 1.64 bits per heavy atom. The number of hydrogen-bond acceptors (Lipinski definition) is 5. The number of aliphatic carboxylic acids is 1. The van der Waals surface area contributed by atoms with Crippen LogP contribution in [0.2, 0.25) is 0 Å². The van der Waals surface area contributed by atoms with Crippen molar-refractivity contribution in [2.45, 2.75) is 13.0 Å². The second kappa shape index (κ2) is 8.04. The number of hydrogen-bond donors (Lipinski definition) is 1. The first kappa shape index (κ1) is 19.3. The third-order valence-electron chi connectivity index (χ3n) is 4.55. The zero-order valence-corrected chi connectivity index (χ0v) is 15.9. The van der Waals surface area contributed by atoms with Gasteiger partial charge in [-0.1, -0.05) is 12.1 Å². The highest BCUT2D eigenvalue weighted by Gasteiger charge is 2.16. The molecule has 0 bridgehead atoms. The van der Waals surface area contributed by atoms with E-state index < -0.39 is 5.97 Å². The average Bonchev–Trinajstić information content (AvgIpc) is 2.71. The van der Waals surface area contributed by atoms with E-state index in [9.17, 15) is 9.59 Å². The molecule has 1 aromatic heterocycles. The van der Waals surface area contributed by atoms with Gasteiger partial charge in [0.15, 0.2) is 0 Å². The molecular formula is C21H21NO6. The van der Waals surface area contributed by atoms with Crippen molar-refractivity contribution in [2.75, 3.05) is 21.3 Å². The van der Waals surface area contributed by atoms with Crippen LogP contribution in [0.15, 0.2) is 47.3 Å². The van der Waals surface area contributed by atoms with E-state index in [1.165, 1.54) is 18.8 Å². The van der Waals surface area contributed by atoms with Gasteiger partial charge in [0.25, 0.3) is 5.56 Å². The number of rotatable bonds is 7. The van der Waals surface area contributed by atoms with Gasteiger partial charge in [0.2, 0.25) is 0 Å². The summed E-state index contributed by atoms with van der Waals surface area (Å²) in [6, 6.07) is 12.3. The van der Waals surface area contributed by atoms with Gasteiger partial charge in [-0.25, -0.2) is 0 Å². The van der Waals surface area contributed by atoms with Crippen LogP contribution >= 0.6 is 0 Å². The Labute approximate surface area is 161 Å². The van der Waals surface area contributed by atoms with Gasteiger partial charge in [-0.2, -0.15) is 0 Å². The molecule has 146 valence electrons. The van der Waals surface area contributed by atoms with Crippen LogP contribution in [-0.2, 0) is 11.3 Å². The molecule has 0 aliphatic rings. The summed E-state index contributed by atoms with van der Waals surface area (Å²) in [5.74, 6) is 0.751. The molecule has 2 aromatic carbocycles. The standard InChI is InChI=1S/C21H21NO6/c1-26-14-6-4-13(5-7-14)16-12-17-18(10-15(27-2)11-19(17)28-3)22(21(16)25)9-8-20(23)24/h4-7,10-12H,8-9H2,1-3H3,(H,23,24). The number of carboxylic acid groups (broad SMARTS) is 1. The minimum atomic E-state index is -0.982. The predicted molar refractivity (Wildman–Crippen MR) is 106 cm³/mol. The maximum Gasteiger partial charge on any atom is 0.305 e. The number of methoxy groups -OCH3 is 3. The largest absolute Gasteiger partial charge is 0.497 e. The van der Waals surface area contributed by atoms with E-state index in [0.29, 0.717) is 39.3 Å². The Kier molecular flexibility index (Phi) is 5.54. The third-order valence-corrected chi connectivity index (χ3v) is 4.55. The molecule has 0 aliphatic heterocycles. The zero-order chi connectivity index (χ0) is 20.3. The number of nitrogens with zero attached hydrogens (tertiary/aromatic N) is 1. The van der Waals surface area contributed by atoms with Crippen molar-refractivity contribution in [3.63, 3.8) is 0 Å². The van der Waals surface area contributed by atoms with Crippen molar-refractivity contribution in [1.29, 1.82) is 0 Å². The van der Waals surface area contributed by atoms with Crippen LogP contribution in [0, 0.1) is 0 Å². The van der Waals surface area contributed by atoms with E-state index in [1.54, 1.807) is 49.6 Å². The normalized spacial score (nSPS) is 10.7. The van der Waals surface area contributed by atoms with E-state index in [-0.39, 0.29) is 18.5 Å². The summed E-state index contributed by atoms with van der Waals surface area (Å²) in [7, 11) is 4.63. The van der Waals surface area contributed by atoms with Crippen molar-refractivity contribution >= 4 is 16.9 Å². The van der Waals surface area contributed by atoms with Crippen molar-refractivity contribution in [3.8, 4) is 28.4 Å². The van der Waals surface area contributed by atoms with Gasteiger partial charge in [0.05, 0.1) is 33.3 Å². The van der Waals surface area contributed by atoms with Crippen LogP contribution < -0.4 is 19.8 Å². The van der Waals surface area contributed by atoms with Crippen LogP contribution in [-0.4, -0.2) is 37.0 Å². The van der Waals surface area contributed by atoms with Gasteiger partial charge < -0.3 is 23.9 Å². The fourth-order valence-electron chi connectivity index (χ4n) is 3.11. The summed E-state index contributed by atoms with van der Waals surface area (Å²) in [4.78, 5) is 24.3. The van der Waals surface area contributed by atoms with E-state index in [1.807, 2.05) is 0 Å². The minimum absolute atomic E-state index is 0.0327. The predicted octanol–water partition coefficient (Wildman–Crippen LogP) is 3.17. The molecule has 7 heteroatoms. The van der Waals surface area contributed by atoms with Gasteiger partial charge in [0.1, 0.15) is 17.2 Å². The Hall–Kier alpha value is -3.48. The SMILES string of the molecule is COc1ccc(-c2cc3c(OC)cc(OC)cc3n(CCC(=O)O)c2=O)cc1. The maximum absolute atomic E-state index is 13.2. The number of benzene rings is 2. The minimum Gasteiger partial charge on any atom is -0.497 e. The van der Waals surface area contributed by atoms with Crippen molar-refractivity contribution < 1.29 is 24.1 Å². The van der Waals surface area contributed by atoms with E-state index in [2.05, 4.69) is 0 Å². The number of aryl methyl sites for hydroxylation is 1. The summed E-state index contributed by atoms with van der Waals surface area (Å²) in [6.07, 6.45) is -0.180. The molecule has 0 amide bonds.